The van der Waals surface area contributed by atoms with Crippen molar-refractivity contribution in [1.29, 1.82) is 0 Å². The van der Waals surface area contributed by atoms with Crippen LogP contribution in [0.2, 0.25) is 0 Å². The molecule has 0 spiro atoms. The number of rotatable bonds is 4. The molecule has 16 heavy (non-hydrogen) atoms. The van der Waals surface area contributed by atoms with Crippen LogP contribution in [0.25, 0.3) is 6.08 Å². The normalized spacial score (nSPS) is 20.4. The van der Waals surface area contributed by atoms with E-state index in [1.165, 1.54) is 24.9 Å². The van der Waals surface area contributed by atoms with Crippen LogP contribution in [-0.4, -0.2) is 19.7 Å². The molecule has 0 radical (unpaired) electrons. The highest BCUT2D eigenvalue weighted by atomic mass is 16.5. The van der Waals surface area contributed by atoms with Gasteiger partial charge >= 0.3 is 0 Å². The van der Waals surface area contributed by atoms with E-state index in [9.17, 15) is 0 Å². The van der Waals surface area contributed by atoms with Gasteiger partial charge in [-0.15, -0.1) is 0 Å². The van der Waals surface area contributed by atoms with Crippen LogP contribution >= 0.6 is 0 Å². The lowest BCUT2D eigenvalue weighted by molar-refractivity contribution is 0.415. The van der Waals surface area contributed by atoms with E-state index in [1.54, 1.807) is 7.11 Å². The summed E-state index contributed by atoms with van der Waals surface area (Å²) in [5, 5.41) is 3.49. The molecular formula is C14H19NO. The Kier molecular flexibility index (Phi) is 4.00. The molecular weight excluding hydrogens is 198 g/mol. The number of ether oxygens (including phenoxy) is 1. The summed E-state index contributed by atoms with van der Waals surface area (Å²) in [4.78, 5) is 0. The molecule has 1 N–H and O–H groups in total. The predicted molar refractivity (Wildman–Crippen MR) is 67.7 cm³/mol. The molecule has 2 heteroatoms. The number of methoxy groups -OCH3 is 1. The van der Waals surface area contributed by atoms with Gasteiger partial charge in [0.05, 0.1) is 7.11 Å². The topological polar surface area (TPSA) is 21.3 Å². The van der Waals surface area contributed by atoms with Gasteiger partial charge in [0.1, 0.15) is 5.75 Å². The third-order valence-corrected chi connectivity index (χ3v) is 3.01. The van der Waals surface area contributed by atoms with Crippen molar-refractivity contribution in [3.8, 4) is 5.75 Å². The largest absolute Gasteiger partial charge is 0.497 e. The second kappa shape index (κ2) is 5.71. The zero-order valence-corrected chi connectivity index (χ0v) is 9.78. The lowest BCUT2D eigenvalue weighted by Crippen LogP contribution is -2.19. The van der Waals surface area contributed by atoms with E-state index in [0.717, 1.165) is 12.2 Å². The Balaban J connectivity index is 1.84. The molecule has 2 nitrogen and oxygen atoms in total. The molecule has 1 aromatic rings. The van der Waals surface area contributed by atoms with Gasteiger partial charge in [0.25, 0.3) is 0 Å². The third-order valence-electron chi connectivity index (χ3n) is 3.01. The first-order chi connectivity index (χ1) is 7.88. The van der Waals surface area contributed by atoms with Gasteiger partial charge in [-0.1, -0.05) is 24.3 Å². The monoisotopic (exact) mass is 217 g/mol. The first kappa shape index (κ1) is 11.2. The van der Waals surface area contributed by atoms with Crippen molar-refractivity contribution in [1.82, 2.24) is 5.32 Å². The summed E-state index contributed by atoms with van der Waals surface area (Å²) in [6, 6.07) is 8.84. The quantitative estimate of drug-likeness (QED) is 0.837. The summed E-state index contributed by atoms with van der Waals surface area (Å²) in [7, 11) is 1.69. The molecule has 0 amide bonds. The van der Waals surface area contributed by atoms with Crippen LogP contribution in [-0.2, 0) is 0 Å². The number of benzene rings is 1. The van der Waals surface area contributed by atoms with Crippen LogP contribution in [0.1, 0.15) is 24.8 Å². The molecule has 1 atom stereocenters. The van der Waals surface area contributed by atoms with Crippen LogP contribution < -0.4 is 10.1 Å². The molecule has 1 aliphatic rings. The molecule has 0 saturated carbocycles. The zero-order valence-electron chi connectivity index (χ0n) is 9.78. The highest BCUT2D eigenvalue weighted by Gasteiger charge is 2.11. The van der Waals surface area contributed by atoms with Gasteiger partial charge in [-0.2, -0.15) is 0 Å². The Labute approximate surface area is 97.3 Å². The molecule has 86 valence electrons. The van der Waals surface area contributed by atoms with E-state index in [-0.39, 0.29) is 0 Å². The van der Waals surface area contributed by atoms with Gasteiger partial charge < -0.3 is 10.1 Å². The Bertz CT molecular complexity index is 336. The van der Waals surface area contributed by atoms with Gasteiger partial charge in [0.2, 0.25) is 0 Å². The lowest BCUT2D eigenvalue weighted by Gasteiger charge is -2.05. The van der Waals surface area contributed by atoms with Gasteiger partial charge in [-0.3, -0.25) is 0 Å². The molecule has 0 aliphatic carbocycles. The van der Waals surface area contributed by atoms with Crippen LogP contribution in [0.5, 0.6) is 5.75 Å². The molecule has 1 fully saturated rings. The summed E-state index contributed by atoms with van der Waals surface area (Å²) in [6.07, 6.45) is 8.20. The van der Waals surface area contributed by atoms with Crippen LogP contribution in [0.3, 0.4) is 0 Å². The minimum absolute atomic E-state index is 0.689. The Morgan fingerprint density at radius 3 is 2.81 bits per heavy atom. The predicted octanol–water partition coefficient (Wildman–Crippen LogP) is 2.85. The maximum Gasteiger partial charge on any atom is 0.118 e. The van der Waals surface area contributed by atoms with Gasteiger partial charge in [-0.05, 0) is 43.5 Å². The molecule has 1 unspecified atom stereocenters. The number of nitrogens with one attached hydrogen (secondary N) is 1. The van der Waals surface area contributed by atoms with E-state index >= 15 is 0 Å². The van der Waals surface area contributed by atoms with Crippen LogP contribution in [0.4, 0.5) is 0 Å². The number of hydrogen-bond donors (Lipinski definition) is 1. The molecule has 1 aliphatic heterocycles. The molecule has 1 aromatic carbocycles. The Morgan fingerprint density at radius 1 is 1.38 bits per heavy atom. The van der Waals surface area contributed by atoms with Crippen molar-refractivity contribution in [3.05, 3.63) is 35.9 Å². The fourth-order valence-corrected chi connectivity index (χ4v) is 2.04. The van der Waals surface area contributed by atoms with Crippen molar-refractivity contribution in [3.63, 3.8) is 0 Å². The van der Waals surface area contributed by atoms with E-state index in [2.05, 4.69) is 29.6 Å². The van der Waals surface area contributed by atoms with Crippen molar-refractivity contribution in [2.24, 2.45) is 0 Å². The van der Waals surface area contributed by atoms with Gasteiger partial charge in [-0.25, -0.2) is 0 Å². The second-order valence-corrected chi connectivity index (χ2v) is 4.20. The maximum absolute atomic E-state index is 5.12. The molecule has 0 aromatic heterocycles. The average Bonchev–Trinajstić information content (AvgIpc) is 2.83. The SMILES string of the molecule is COc1ccc(C=CCC2CCCN2)cc1. The average molecular weight is 217 g/mol. The first-order valence-electron chi connectivity index (χ1n) is 5.92. The zero-order chi connectivity index (χ0) is 11.2. The van der Waals surface area contributed by atoms with E-state index < -0.39 is 0 Å². The fraction of sp³-hybridized carbons (Fsp3) is 0.429. The van der Waals surface area contributed by atoms with Crippen molar-refractivity contribution < 1.29 is 4.74 Å². The molecule has 1 saturated heterocycles. The molecule has 1 heterocycles. The Morgan fingerprint density at radius 2 is 2.19 bits per heavy atom. The fourth-order valence-electron chi connectivity index (χ4n) is 2.04. The second-order valence-electron chi connectivity index (χ2n) is 4.20. The molecule has 0 bridgehead atoms. The van der Waals surface area contributed by atoms with Crippen molar-refractivity contribution in [2.75, 3.05) is 13.7 Å². The van der Waals surface area contributed by atoms with Crippen LogP contribution in [0, 0.1) is 0 Å². The van der Waals surface area contributed by atoms with Crippen LogP contribution in [0.15, 0.2) is 30.3 Å². The third kappa shape index (κ3) is 3.11. The maximum atomic E-state index is 5.12. The van der Waals surface area contributed by atoms with E-state index in [1.807, 2.05) is 12.1 Å². The van der Waals surface area contributed by atoms with Crippen molar-refractivity contribution >= 4 is 6.08 Å². The Hall–Kier alpha value is -1.28. The summed E-state index contributed by atoms with van der Waals surface area (Å²) >= 11 is 0. The summed E-state index contributed by atoms with van der Waals surface area (Å²) in [5.74, 6) is 0.912. The summed E-state index contributed by atoms with van der Waals surface area (Å²) in [5.41, 5.74) is 1.23. The highest BCUT2D eigenvalue weighted by molar-refractivity contribution is 5.50. The minimum atomic E-state index is 0.689. The van der Waals surface area contributed by atoms with E-state index in [4.69, 9.17) is 4.74 Å². The lowest BCUT2D eigenvalue weighted by atomic mass is 10.1. The smallest absolute Gasteiger partial charge is 0.118 e. The number of hydrogen-bond acceptors (Lipinski definition) is 2. The minimum Gasteiger partial charge on any atom is -0.497 e. The summed E-state index contributed by atoms with van der Waals surface area (Å²) < 4.78 is 5.12. The van der Waals surface area contributed by atoms with Gasteiger partial charge in [0.15, 0.2) is 0 Å². The van der Waals surface area contributed by atoms with Gasteiger partial charge in [0, 0.05) is 6.04 Å². The van der Waals surface area contributed by atoms with Crippen molar-refractivity contribution in [2.45, 2.75) is 25.3 Å². The highest BCUT2D eigenvalue weighted by Crippen LogP contribution is 2.14. The van der Waals surface area contributed by atoms with E-state index in [0.29, 0.717) is 6.04 Å². The molecule has 2 rings (SSSR count). The standard InChI is InChI=1S/C14H19NO/c1-16-14-9-7-12(8-10-14)4-2-5-13-6-3-11-15-13/h2,4,7-10,13,15H,3,5-6,11H2,1H3. The first-order valence-corrected chi connectivity index (χ1v) is 5.92. The summed E-state index contributed by atoms with van der Waals surface area (Å²) in [6.45, 7) is 1.18.